The standard InChI is InChI=1S/C28H30Cl2FN3O4S/c1-4-19(2)32-28(36)20(3)33(17-21-11-8-9-15-24(21)31)26(35)18-34(25-16-10-14-23(29)27(25)30)39(37,38)22-12-6-5-7-13-22/h5-16,19-20H,4,17-18H2,1-3H3,(H,32,36)/t19-,20-/m1/s1. The summed E-state index contributed by atoms with van der Waals surface area (Å²) >= 11 is 12.6. The molecule has 0 spiro atoms. The van der Waals surface area contributed by atoms with E-state index in [4.69, 9.17) is 23.2 Å². The van der Waals surface area contributed by atoms with E-state index in [1.54, 1.807) is 24.3 Å². The van der Waals surface area contributed by atoms with Gasteiger partial charge in [-0.05, 0) is 50.6 Å². The number of hydrogen-bond acceptors (Lipinski definition) is 4. The Labute approximate surface area is 238 Å². The predicted octanol–water partition coefficient (Wildman–Crippen LogP) is 5.66. The van der Waals surface area contributed by atoms with Gasteiger partial charge in [0.1, 0.15) is 18.4 Å². The normalized spacial score (nSPS) is 12.9. The number of halogens is 3. The van der Waals surface area contributed by atoms with Gasteiger partial charge in [0.2, 0.25) is 11.8 Å². The number of benzene rings is 3. The maximum atomic E-state index is 14.6. The Morgan fingerprint density at radius 3 is 2.23 bits per heavy atom. The largest absolute Gasteiger partial charge is 0.352 e. The van der Waals surface area contributed by atoms with Crippen molar-refractivity contribution in [2.24, 2.45) is 0 Å². The van der Waals surface area contributed by atoms with E-state index >= 15 is 0 Å². The first-order valence-corrected chi connectivity index (χ1v) is 14.5. The van der Waals surface area contributed by atoms with Crippen molar-refractivity contribution in [2.75, 3.05) is 10.8 Å². The molecular weight excluding hydrogens is 564 g/mol. The number of carbonyl (C=O) groups is 2. The molecule has 1 N–H and O–H groups in total. The Morgan fingerprint density at radius 2 is 1.59 bits per heavy atom. The number of amides is 2. The van der Waals surface area contributed by atoms with Crippen LogP contribution >= 0.6 is 23.2 Å². The zero-order valence-corrected chi connectivity index (χ0v) is 24.1. The Kier molecular flexibility index (Phi) is 10.4. The molecule has 3 aromatic rings. The summed E-state index contributed by atoms with van der Waals surface area (Å²) in [6, 6.07) is 16.7. The maximum absolute atomic E-state index is 14.6. The molecule has 0 fully saturated rings. The number of rotatable bonds is 11. The minimum Gasteiger partial charge on any atom is -0.352 e. The van der Waals surface area contributed by atoms with Crippen molar-refractivity contribution in [3.05, 3.63) is 94.2 Å². The van der Waals surface area contributed by atoms with Crippen LogP contribution in [0.1, 0.15) is 32.8 Å². The minimum atomic E-state index is -4.30. The second-order valence-corrected chi connectivity index (χ2v) is 11.7. The fraction of sp³-hybridized carbons (Fsp3) is 0.286. The highest BCUT2D eigenvalue weighted by Gasteiger charge is 2.34. The molecule has 11 heteroatoms. The summed E-state index contributed by atoms with van der Waals surface area (Å²) in [6.45, 7) is 4.26. The van der Waals surface area contributed by atoms with Crippen molar-refractivity contribution < 1.29 is 22.4 Å². The SMILES string of the molecule is CC[C@@H](C)NC(=O)[C@@H](C)N(Cc1ccccc1F)C(=O)CN(c1cccc(Cl)c1Cl)S(=O)(=O)c1ccccc1. The number of sulfonamides is 1. The van der Waals surface area contributed by atoms with Gasteiger partial charge in [-0.3, -0.25) is 13.9 Å². The van der Waals surface area contributed by atoms with E-state index < -0.39 is 40.2 Å². The molecule has 3 rings (SSSR count). The van der Waals surface area contributed by atoms with Gasteiger partial charge in [-0.2, -0.15) is 0 Å². The average Bonchev–Trinajstić information content (AvgIpc) is 2.92. The van der Waals surface area contributed by atoms with E-state index in [2.05, 4.69) is 5.32 Å². The second kappa shape index (κ2) is 13.3. The molecule has 0 aromatic heterocycles. The molecule has 0 heterocycles. The van der Waals surface area contributed by atoms with Crippen LogP contribution in [0.3, 0.4) is 0 Å². The van der Waals surface area contributed by atoms with E-state index in [1.165, 1.54) is 55.5 Å². The predicted molar refractivity (Wildman–Crippen MR) is 152 cm³/mol. The van der Waals surface area contributed by atoms with Crippen LogP contribution in [0.25, 0.3) is 0 Å². The molecule has 0 aliphatic heterocycles. The van der Waals surface area contributed by atoms with Crippen LogP contribution in [0, 0.1) is 5.82 Å². The highest BCUT2D eigenvalue weighted by molar-refractivity contribution is 7.92. The number of nitrogens with one attached hydrogen (secondary N) is 1. The first-order valence-electron chi connectivity index (χ1n) is 12.3. The first kappa shape index (κ1) is 30.4. The van der Waals surface area contributed by atoms with Crippen molar-refractivity contribution in [1.29, 1.82) is 0 Å². The van der Waals surface area contributed by atoms with Gasteiger partial charge in [-0.15, -0.1) is 0 Å². The van der Waals surface area contributed by atoms with Crippen molar-refractivity contribution in [3.63, 3.8) is 0 Å². The first-order chi connectivity index (χ1) is 18.5. The van der Waals surface area contributed by atoms with E-state index in [0.717, 1.165) is 9.21 Å². The van der Waals surface area contributed by atoms with Crippen LogP contribution < -0.4 is 9.62 Å². The summed E-state index contributed by atoms with van der Waals surface area (Å²) in [4.78, 5) is 28.0. The maximum Gasteiger partial charge on any atom is 0.264 e. The lowest BCUT2D eigenvalue weighted by molar-refractivity contribution is -0.139. The van der Waals surface area contributed by atoms with Gasteiger partial charge in [0.25, 0.3) is 10.0 Å². The summed E-state index contributed by atoms with van der Waals surface area (Å²) in [5, 5.41) is 2.86. The summed E-state index contributed by atoms with van der Waals surface area (Å²) in [5.74, 6) is -1.75. The van der Waals surface area contributed by atoms with Gasteiger partial charge >= 0.3 is 0 Å². The zero-order chi connectivity index (χ0) is 28.7. The summed E-state index contributed by atoms with van der Waals surface area (Å²) in [6.07, 6.45) is 0.663. The Morgan fingerprint density at radius 1 is 0.949 bits per heavy atom. The van der Waals surface area contributed by atoms with Gasteiger partial charge in [0.15, 0.2) is 0 Å². The lowest BCUT2D eigenvalue weighted by Crippen LogP contribution is -2.52. The van der Waals surface area contributed by atoms with Crippen LogP contribution in [-0.2, 0) is 26.2 Å². The Hall–Kier alpha value is -3.14. The zero-order valence-electron chi connectivity index (χ0n) is 21.8. The highest BCUT2D eigenvalue weighted by Crippen LogP contribution is 2.35. The van der Waals surface area contributed by atoms with Crippen molar-refractivity contribution in [2.45, 2.75) is 50.7 Å². The van der Waals surface area contributed by atoms with E-state index in [9.17, 15) is 22.4 Å². The molecule has 0 radical (unpaired) electrons. The van der Waals surface area contributed by atoms with E-state index in [1.807, 2.05) is 13.8 Å². The molecule has 208 valence electrons. The molecule has 0 saturated carbocycles. The fourth-order valence-electron chi connectivity index (χ4n) is 3.78. The number of anilines is 1. The van der Waals surface area contributed by atoms with Crippen LogP contribution in [0.4, 0.5) is 10.1 Å². The monoisotopic (exact) mass is 593 g/mol. The molecule has 39 heavy (non-hydrogen) atoms. The minimum absolute atomic E-state index is 0.0103. The molecule has 0 saturated heterocycles. The topological polar surface area (TPSA) is 86.8 Å². The summed E-state index contributed by atoms with van der Waals surface area (Å²) < 4.78 is 43.0. The average molecular weight is 595 g/mol. The van der Waals surface area contributed by atoms with Crippen LogP contribution in [0.2, 0.25) is 10.0 Å². The van der Waals surface area contributed by atoms with Gasteiger partial charge in [0, 0.05) is 18.2 Å². The third-order valence-corrected chi connectivity index (χ3v) is 8.86. The third kappa shape index (κ3) is 7.29. The molecular formula is C28H30Cl2FN3O4S. The fourth-order valence-corrected chi connectivity index (χ4v) is 5.67. The second-order valence-electron chi connectivity index (χ2n) is 9.00. The Balaban J connectivity index is 2.07. The smallest absolute Gasteiger partial charge is 0.264 e. The summed E-state index contributed by atoms with van der Waals surface area (Å²) in [5.41, 5.74) is 0.163. The number of nitrogens with zero attached hydrogens (tertiary/aromatic N) is 2. The van der Waals surface area contributed by atoms with Gasteiger partial charge in [-0.1, -0.05) is 72.6 Å². The lowest BCUT2D eigenvalue weighted by Gasteiger charge is -2.32. The quantitative estimate of drug-likeness (QED) is 0.311. The van der Waals surface area contributed by atoms with Crippen molar-refractivity contribution in [1.82, 2.24) is 10.2 Å². The lowest BCUT2D eigenvalue weighted by atomic mass is 10.1. The number of carbonyl (C=O) groups excluding carboxylic acids is 2. The molecule has 0 aliphatic rings. The van der Waals surface area contributed by atoms with Gasteiger partial charge in [0.05, 0.1) is 20.6 Å². The molecule has 0 aliphatic carbocycles. The molecule has 2 atom stereocenters. The van der Waals surface area contributed by atoms with Gasteiger partial charge in [-0.25, -0.2) is 12.8 Å². The van der Waals surface area contributed by atoms with E-state index in [0.29, 0.717) is 6.42 Å². The third-order valence-electron chi connectivity index (χ3n) is 6.28. The van der Waals surface area contributed by atoms with Crippen molar-refractivity contribution in [3.8, 4) is 0 Å². The molecule has 0 bridgehead atoms. The molecule has 0 unspecified atom stereocenters. The Bertz CT molecular complexity index is 1420. The number of hydrogen-bond donors (Lipinski definition) is 1. The molecule has 2 amide bonds. The van der Waals surface area contributed by atoms with Gasteiger partial charge < -0.3 is 10.2 Å². The highest BCUT2D eigenvalue weighted by atomic mass is 35.5. The summed E-state index contributed by atoms with van der Waals surface area (Å²) in [7, 11) is -4.30. The van der Waals surface area contributed by atoms with E-state index in [-0.39, 0.29) is 38.8 Å². The van der Waals surface area contributed by atoms with Crippen molar-refractivity contribution >= 4 is 50.7 Å². The molecule has 3 aromatic carbocycles. The van der Waals surface area contributed by atoms with Crippen LogP contribution in [-0.4, -0.2) is 43.8 Å². The molecule has 7 nitrogen and oxygen atoms in total. The van der Waals surface area contributed by atoms with Crippen LogP contribution in [0.15, 0.2) is 77.7 Å². The van der Waals surface area contributed by atoms with Crippen LogP contribution in [0.5, 0.6) is 0 Å².